The molecular weight excluding hydrogens is 464 g/mol. The molecule has 1 aliphatic heterocycles. The summed E-state index contributed by atoms with van der Waals surface area (Å²) in [4.78, 5) is 33.9. The van der Waals surface area contributed by atoms with Crippen LogP contribution in [0, 0.1) is 11.3 Å². The summed E-state index contributed by atoms with van der Waals surface area (Å²) >= 11 is 0. The zero-order chi connectivity index (χ0) is 26.2. The van der Waals surface area contributed by atoms with Gasteiger partial charge in [0.2, 0.25) is 11.8 Å². The van der Waals surface area contributed by atoms with Gasteiger partial charge in [-0.25, -0.2) is 4.98 Å². The Morgan fingerprint density at radius 3 is 2.43 bits per heavy atom. The van der Waals surface area contributed by atoms with Gasteiger partial charge in [0.25, 0.3) is 0 Å². The molecule has 0 bridgehead atoms. The van der Waals surface area contributed by atoms with Crippen molar-refractivity contribution in [1.82, 2.24) is 15.2 Å². The number of hydrogen-bond acceptors (Lipinski definition) is 6. The van der Waals surface area contributed by atoms with Crippen molar-refractivity contribution in [2.24, 2.45) is 0 Å². The molecule has 1 fully saturated rings. The first-order valence-electron chi connectivity index (χ1n) is 12.6. The lowest BCUT2D eigenvalue weighted by atomic mass is 9.98. The van der Waals surface area contributed by atoms with E-state index >= 15 is 0 Å². The van der Waals surface area contributed by atoms with E-state index in [0.29, 0.717) is 31.0 Å². The van der Waals surface area contributed by atoms with Crippen molar-refractivity contribution in [3.8, 4) is 6.07 Å². The second-order valence-electron chi connectivity index (χ2n) is 9.17. The molecule has 1 saturated heterocycles. The van der Waals surface area contributed by atoms with Gasteiger partial charge >= 0.3 is 0 Å². The second-order valence-corrected chi connectivity index (χ2v) is 9.17. The van der Waals surface area contributed by atoms with Crippen LogP contribution in [0.4, 0.5) is 11.5 Å². The summed E-state index contributed by atoms with van der Waals surface area (Å²) in [5, 5.41) is 15.4. The zero-order valence-electron chi connectivity index (χ0n) is 21.2. The zero-order valence-corrected chi connectivity index (χ0v) is 21.2. The molecule has 190 valence electrons. The molecule has 3 aromatic rings. The fourth-order valence-electron chi connectivity index (χ4n) is 4.41. The van der Waals surface area contributed by atoms with E-state index in [0.717, 1.165) is 29.9 Å². The van der Waals surface area contributed by atoms with Crippen molar-refractivity contribution in [3.63, 3.8) is 0 Å². The van der Waals surface area contributed by atoms with Gasteiger partial charge in [-0.1, -0.05) is 49.4 Å². The predicted molar refractivity (Wildman–Crippen MR) is 144 cm³/mol. The number of likely N-dealkylation sites (N-methyl/N-ethyl adjacent to an activating group) is 1. The summed E-state index contributed by atoms with van der Waals surface area (Å²) in [5.41, 5.74) is 3.43. The molecule has 8 nitrogen and oxygen atoms in total. The van der Waals surface area contributed by atoms with Gasteiger partial charge in [0.15, 0.2) is 0 Å². The van der Waals surface area contributed by atoms with Gasteiger partial charge in [0.05, 0.1) is 30.1 Å². The van der Waals surface area contributed by atoms with Crippen LogP contribution in [-0.4, -0.2) is 54.4 Å². The van der Waals surface area contributed by atoms with Crippen LogP contribution in [0.1, 0.15) is 42.5 Å². The third-order valence-electron chi connectivity index (χ3n) is 6.70. The number of carbonyl (C=O) groups excluding carboxylic acids is 2. The molecule has 0 spiro atoms. The fraction of sp³-hybridized carbons (Fsp3) is 0.310. The largest absolute Gasteiger partial charge is 0.359 e. The molecule has 2 atom stereocenters. The average molecular weight is 497 g/mol. The summed E-state index contributed by atoms with van der Waals surface area (Å²) in [5.74, 6) is 0.499. The minimum Gasteiger partial charge on any atom is -0.359 e. The number of nitrogens with one attached hydrogen (secondary N) is 2. The van der Waals surface area contributed by atoms with Crippen molar-refractivity contribution >= 4 is 23.3 Å². The lowest BCUT2D eigenvalue weighted by Crippen LogP contribution is -2.50. The number of nitrogens with zero attached hydrogens (tertiary/aromatic N) is 4. The van der Waals surface area contributed by atoms with Gasteiger partial charge in [-0.2, -0.15) is 5.26 Å². The van der Waals surface area contributed by atoms with Gasteiger partial charge in [-0.05, 0) is 48.2 Å². The van der Waals surface area contributed by atoms with E-state index in [-0.39, 0.29) is 17.7 Å². The van der Waals surface area contributed by atoms with Crippen molar-refractivity contribution in [2.45, 2.75) is 25.8 Å². The molecule has 2 unspecified atom stereocenters. The van der Waals surface area contributed by atoms with Crippen LogP contribution in [0.2, 0.25) is 0 Å². The summed E-state index contributed by atoms with van der Waals surface area (Å²) in [6, 6.07) is 22.3. The number of anilines is 2. The number of aromatic nitrogens is 1. The summed E-state index contributed by atoms with van der Waals surface area (Å²) in [6.07, 6.45) is 1.70. The molecule has 8 heteroatoms. The highest BCUT2D eigenvalue weighted by Gasteiger charge is 2.24. The topological polar surface area (TPSA) is 101 Å². The normalized spacial score (nSPS) is 15.1. The molecule has 1 aliphatic rings. The molecule has 2 amide bonds. The van der Waals surface area contributed by atoms with E-state index in [2.05, 4.69) is 28.6 Å². The van der Waals surface area contributed by atoms with Crippen LogP contribution < -0.4 is 15.5 Å². The van der Waals surface area contributed by atoms with Crippen molar-refractivity contribution in [3.05, 3.63) is 89.6 Å². The number of rotatable bonds is 9. The third-order valence-corrected chi connectivity index (χ3v) is 6.70. The van der Waals surface area contributed by atoms with E-state index < -0.39 is 6.04 Å². The van der Waals surface area contributed by atoms with Crippen LogP contribution in [0.5, 0.6) is 0 Å². The number of carbonyl (C=O) groups is 2. The van der Waals surface area contributed by atoms with Crippen molar-refractivity contribution in [2.75, 3.05) is 42.9 Å². The van der Waals surface area contributed by atoms with Crippen LogP contribution in [0.15, 0.2) is 72.9 Å². The van der Waals surface area contributed by atoms with Gasteiger partial charge in [-0.15, -0.1) is 0 Å². The monoisotopic (exact) mass is 496 g/mol. The van der Waals surface area contributed by atoms with Crippen molar-refractivity contribution < 1.29 is 9.59 Å². The molecule has 0 saturated carbocycles. The number of hydrogen-bond donors (Lipinski definition) is 2. The molecule has 2 N–H and O–H groups in total. The van der Waals surface area contributed by atoms with E-state index in [1.807, 2.05) is 77.4 Å². The predicted octanol–water partition coefficient (Wildman–Crippen LogP) is 3.69. The van der Waals surface area contributed by atoms with Crippen LogP contribution >= 0.6 is 0 Å². The average Bonchev–Trinajstić information content (AvgIpc) is 2.94. The molecule has 0 radical (unpaired) electrons. The first-order chi connectivity index (χ1) is 18.0. The number of benzene rings is 2. The SMILES string of the molecule is CCN1CCN(c2ccc(NC(=O)C(NCC(C)c3ccc(C#N)cc3)c3ccccc3)nc2)CC1=O. The Bertz CT molecular complexity index is 1240. The Labute approximate surface area is 217 Å². The Hall–Kier alpha value is -4.22. The van der Waals surface area contributed by atoms with Crippen molar-refractivity contribution in [1.29, 1.82) is 5.26 Å². The number of amides is 2. The highest BCUT2D eigenvalue weighted by atomic mass is 16.2. The molecule has 2 heterocycles. The number of pyridine rings is 1. The highest BCUT2D eigenvalue weighted by molar-refractivity contribution is 5.95. The van der Waals surface area contributed by atoms with E-state index in [1.54, 1.807) is 12.3 Å². The van der Waals surface area contributed by atoms with Crippen LogP contribution in [-0.2, 0) is 9.59 Å². The molecule has 1 aromatic heterocycles. The maximum absolute atomic E-state index is 13.3. The van der Waals surface area contributed by atoms with Gasteiger partial charge < -0.3 is 20.4 Å². The maximum atomic E-state index is 13.3. The quantitative estimate of drug-likeness (QED) is 0.469. The second kappa shape index (κ2) is 12.2. The molecular formula is C29H32N6O2. The Morgan fingerprint density at radius 1 is 1.05 bits per heavy atom. The first kappa shape index (κ1) is 25.9. The van der Waals surface area contributed by atoms with Crippen LogP contribution in [0.3, 0.4) is 0 Å². The Balaban J connectivity index is 1.41. The molecule has 37 heavy (non-hydrogen) atoms. The summed E-state index contributed by atoms with van der Waals surface area (Å²) in [6.45, 7) is 7.14. The van der Waals surface area contributed by atoms with Gasteiger partial charge in [0.1, 0.15) is 11.9 Å². The maximum Gasteiger partial charge on any atom is 0.247 e. The first-order valence-corrected chi connectivity index (χ1v) is 12.6. The highest BCUT2D eigenvalue weighted by Crippen LogP contribution is 2.21. The fourth-order valence-corrected chi connectivity index (χ4v) is 4.41. The molecule has 4 rings (SSSR count). The summed E-state index contributed by atoms with van der Waals surface area (Å²) in [7, 11) is 0. The van der Waals surface area contributed by atoms with E-state index in [4.69, 9.17) is 5.26 Å². The lowest BCUT2D eigenvalue weighted by Gasteiger charge is -2.34. The third kappa shape index (κ3) is 6.51. The number of nitriles is 1. The summed E-state index contributed by atoms with van der Waals surface area (Å²) < 4.78 is 0. The standard InChI is InChI=1S/C29H32N6O2/c1-3-34-15-16-35(20-27(34)36)25-13-14-26(31-19-25)33-29(37)28(24-7-5-4-6-8-24)32-18-21(2)23-11-9-22(17-30)10-12-23/h4-14,19,21,28,32H,3,15-16,18,20H2,1-2H3,(H,31,33,37). The molecule has 0 aliphatic carbocycles. The Kier molecular flexibility index (Phi) is 8.49. The Morgan fingerprint density at radius 2 is 1.81 bits per heavy atom. The smallest absolute Gasteiger partial charge is 0.247 e. The minimum absolute atomic E-state index is 0.109. The number of piperazine rings is 1. The van der Waals surface area contributed by atoms with E-state index in [1.165, 1.54) is 0 Å². The van der Waals surface area contributed by atoms with E-state index in [9.17, 15) is 9.59 Å². The van der Waals surface area contributed by atoms with Gasteiger partial charge in [-0.3, -0.25) is 9.59 Å². The lowest BCUT2D eigenvalue weighted by molar-refractivity contribution is -0.130. The van der Waals surface area contributed by atoms with Crippen LogP contribution in [0.25, 0.3) is 0 Å². The molecule has 2 aromatic carbocycles. The minimum atomic E-state index is -0.566. The van der Waals surface area contributed by atoms with Gasteiger partial charge in [0, 0.05) is 26.2 Å².